The van der Waals surface area contributed by atoms with Crippen molar-refractivity contribution < 1.29 is 45.5 Å². The molecule has 2 aliphatic heterocycles. The summed E-state index contributed by atoms with van der Waals surface area (Å²) >= 11 is 0. The molecular weight excluding hydrogens is 592 g/mol. The Hall–Kier alpha value is -2.82. The number of carbonyl (C=O) groups excluding carboxylic acids is 4. The molecule has 0 aliphatic carbocycles. The van der Waals surface area contributed by atoms with Crippen LogP contribution in [0.2, 0.25) is 0 Å². The number of carbonyl (C=O) groups is 4. The minimum Gasteiger partial charge on any atom is -0.469 e. The first-order chi connectivity index (χ1) is 19.6. The zero-order valence-corrected chi connectivity index (χ0v) is 25.9. The molecule has 2 amide bonds. The lowest BCUT2D eigenvalue weighted by Crippen LogP contribution is -2.49. The molecule has 0 aromatic heterocycles. The molecule has 0 bridgehead atoms. The summed E-state index contributed by atoms with van der Waals surface area (Å²) in [6, 6.07) is 0. The molecule has 2 rings (SSSR count). The van der Waals surface area contributed by atoms with Crippen LogP contribution in [0.25, 0.3) is 0 Å². The smallest absolute Gasteiger partial charge is 0.308 e. The lowest BCUT2D eigenvalue weighted by molar-refractivity contribution is -0.149. The summed E-state index contributed by atoms with van der Waals surface area (Å²) in [6.07, 6.45) is 6.01. The van der Waals surface area contributed by atoms with E-state index in [9.17, 15) is 36.0 Å². The molecule has 0 saturated carbocycles. The second-order valence-corrected chi connectivity index (χ2v) is 13.6. The largest absolute Gasteiger partial charge is 0.469 e. The monoisotopic (exact) mass is 636 g/mol. The van der Waals surface area contributed by atoms with Gasteiger partial charge in [-0.2, -0.15) is 0 Å². The van der Waals surface area contributed by atoms with Crippen molar-refractivity contribution in [3.8, 4) is 0 Å². The van der Waals surface area contributed by atoms with E-state index in [0.29, 0.717) is 64.7 Å². The van der Waals surface area contributed by atoms with Gasteiger partial charge in [-0.25, -0.2) is 27.1 Å². The minimum atomic E-state index is -3.95. The highest BCUT2D eigenvalue weighted by Gasteiger charge is 2.37. The van der Waals surface area contributed by atoms with Crippen LogP contribution in [0.4, 0.5) is 0 Å². The Bertz CT molecular complexity index is 1080. The number of hydrogen-bond donors (Lipinski definition) is 2. The van der Waals surface area contributed by atoms with Crippen molar-refractivity contribution in [2.24, 2.45) is 22.1 Å². The average Bonchev–Trinajstić information content (AvgIpc) is 2.95. The fraction of sp³-hybridized carbons (Fsp3) is 0.692. The predicted octanol–water partition coefficient (Wildman–Crippen LogP) is 0.0426. The van der Waals surface area contributed by atoms with Crippen LogP contribution in [0.3, 0.4) is 0 Å². The maximum absolute atomic E-state index is 12.3. The van der Waals surface area contributed by atoms with E-state index in [1.807, 2.05) is 0 Å². The quantitative estimate of drug-likeness (QED) is 0.217. The van der Waals surface area contributed by atoms with E-state index in [0.717, 1.165) is 0 Å². The first-order valence-electron chi connectivity index (χ1n) is 13.6. The van der Waals surface area contributed by atoms with Gasteiger partial charge in [-0.15, -0.1) is 13.2 Å². The average molecular weight is 637 g/mol. The fourth-order valence-corrected chi connectivity index (χ4v) is 6.60. The van der Waals surface area contributed by atoms with Crippen LogP contribution < -0.4 is 10.3 Å². The molecule has 16 heteroatoms. The second-order valence-electron chi connectivity index (χ2n) is 10.1. The van der Waals surface area contributed by atoms with Crippen molar-refractivity contribution >= 4 is 43.8 Å². The third-order valence-corrected chi connectivity index (χ3v) is 9.75. The summed E-state index contributed by atoms with van der Waals surface area (Å²) < 4.78 is 55.6. The van der Waals surface area contributed by atoms with Crippen LogP contribution in [0.5, 0.6) is 0 Å². The Morgan fingerprint density at radius 3 is 1.21 bits per heavy atom. The SMILES string of the molecule is C=CCC[C@@H](C(=O)N1CCC(C(=O)OC)CC1)S(N)(=O)=O.C=CCC[C@H](C(=O)N1CCC(C(=O)OC)CC1)S(N)(=O)=O. The number of nitrogens with zero attached hydrogens (tertiary/aromatic N) is 2. The second kappa shape index (κ2) is 17.3. The van der Waals surface area contributed by atoms with Crippen molar-refractivity contribution in [1.29, 1.82) is 0 Å². The van der Waals surface area contributed by atoms with E-state index in [-0.39, 0.29) is 36.6 Å². The molecule has 42 heavy (non-hydrogen) atoms. The van der Waals surface area contributed by atoms with Crippen LogP contribution in [-0.2, 0) is 48.7 Å². The number of allylic oxidation sites excluding steroid dienone is 2. The molecule has 0 aromatic carbocycles. The van der Waals surface area contributed by atoms with Crippen LogP contribution in [0.15, 0.2) is 25.3 Å². The number of primary sulfonamides is 2. The lowest BCUT2D eigenvalue weighted by Gasteiger charge is -2.32. The molecule has 0 radical (unpaired) electrons. The van der Waals surface area contributed by atoms with Gasteiger partial charge in [-0.05, 0) is 51.4 Å². The van der Waals surface area contributed by atoms with Gasteiger partial charge in [-0.3, -0.25) is 19.2 Å². The number of methoxy groups -OCH3 is 2. The topological polar surface area (TPSA) is 214 Å². The Labute approximate surface area is 248 Å². The first-order valence-corrected chi connectivity index (χ1v) is 16.8. The molecule has 2 heterocycles. The van der Waals surface area contributed by atoms with Crippen LogP contribution in [0, 0.1) is 11.8 Å². The van der Waals surface area contributed by atoms with E-state index >= 15 is 0 Å². The van der Waals surface area contributed by atoms with Crippen molar-refractivity contribution in [3.63, 3.8) is 0 Å². The fourth-order valence-electron chi connectivity index (χ4n) is 4.81. The minimum absolute atomic E-state index is 0.123. The summed E-state index contributed by atoms with van der Waals surface area (Å²) in [5.74, 6) is -2.06. The third-order valence-electron chi connectivity index (χ3n) is 7.29. The maximum Gasteiger partial charge on any atom is 0.308 e. The lowest BCUT2D eigenvalue weighted by atomic mass is 9.96. The number of amides is 2. The number of hydrogen-bond acceptors (Lipinski definition) is 10. The number of esters is 2. The molecule has 2 atom stereocenters. The number of sulfonamides is 2. The molecule has 0 spiro atoms. The van der Waals surface area contributed by atoms with Crippen molar-refractivity contribution in [2.75, 3.05) is 40.4 Å². The van der Waals surface area contributed by atoms with Crippen LogP contribution in [-0.4, -0.2) is 101 Å². The van der Waals surface area contributed by atoms with Gasteiger partial charge in [0.1, 0.15) is 0 Å². The van der Waals surface area contributed by atoms with Crippen LogP contribution in [0.1, 0.15) is 51.4 Å². The highest BCUT2D eigenvalue weighted by molar-refractivity contribution is 7.90. The molecule has 240 valence electrons. The summed E-state index contributed by atoms with van der Waals surface area (Å²) in [6.45, 7) is 8.35. The van der Waals surface area contributed by atoms with Crippen molar-refractivity contribution in [2.45, 2.75) is 61.9 Å². The number of rotatable bonds is 12. The number of likely N-dealkylation sites (tertiary alicyclic amines) is 2. The van der Waals surface area contributed by atoms with E-state index in [1.54, 1.807) is 12.2 Å². The Balaban J connectivity index is 0.000000420. The highest BCUT2D eigenvalue weighted by atomic mass is 32.2. The Morgan fingerprint density at radius 1 is 0.714 bits per heavy atom. The number of nitrogens with two attached hydrogens (primary N) is 2. The van der Waals surface area contributed by atoms with Gasteiger partial charge in [0.05, 0.1) is 26.1 Å². The molecule has 0 unspecified atom stereocenters. The van der Waals surface area contributed by atoms with Gasteiger partial charge in [0.25, 0.3) is 0 Å². The van der Waals surface area contributed by atoms with Gasteiger partial charge in [0.15, 0.2) is 10.5 Å². The summed E-state index contributed by atoms with van der Waals surface area (Å²) in [5.41, 5.74) is 0. The van der Waals surface area contributed by atoms with Gasteiger partial charge >= 0.3 is 11.9 Å². The molecular formula is C26H44N4O10S2. The van der Waals surface area contributed by atoms with Crippen molar-refractivity contribution in [3.05, 3.63) is 25.3 Å². The van der Waals surface area contributed by atoms with E-state index in [1.165, 1.54) is 24.0 Å². The molecule has 4 N–H and O–H groups in total. The summed E-state index contributed by atoms with van der Waals surface area (Å²) in [7, 11) is -5.25. The standard InChI is InChI=1S/2C13H22N2O5S/c2*1-3-4-5-11(21(14,18)19)12(16)15-8-6-10(7-9-15)13(17)20-2/h2*3,10-11H,1,4-9H2,2H3,(H2,14,18,19)/t2*11-/m10/s1. The van der Waals surface area contributed by atoms with Gasteiger partial charge in [0, 0.05) is 26.2 Å². The maximum atomic E-state index is 12.3. The molecule has 0 aromatic rings. The van der Waals surface area contributed by atoms with E-state index in [2.05, 4.69) is 22.6 Å². The van der Waals surface area contributed by atoms with Gasteiger partial charge < -0.3 is 19.3 Å². The zero-order chi connectivity index (χ0) is 32.1. The van der Waals surface area contributed by atoms with Crippen molar-refractivity contribution in [1.82, 2.24) is 9.80 Å². The zero-order valence-electron chi connectivity index (χ0n) is 24.3. The molecule has 2 saturated heterocycles. The Morgan fingerprint density at radius 2 is 1.00 bits per heavy atom. The summed E-state index contributed by atoms with van der Waals surface area (Å²) in [4.78, 5) is 50.4. The predicted molar refractivity (Wildman–Crippen MR) is 155 cm³/mol. The van der Waals surface area contributed by atoms with E-state index < -0.39 is 42.4 Å². The van der Waals surface area contributed by atoms with Gasteiger partial charge in [0.2, 0.25) is 31.9 Å². The Kier molecular flexibility index (Phi) is 15.4. The van der Waals surface area contributed by atoms with E-state index in [4.69, 9.17) is 10.3 Å². The molecule has 2 fully saturated rings. The number of ether oxygens (including phenoxy) is 2. The summed E-state index contributed by atoms with van der Waals surface area (Å²) in [5, 5.41) is 7.79. The molecule has 14 nitrogen and oxygen atoms in total. The third kappa shape index (κ3) is 11.5. The molecule has 2 aliphatic rings. The van der Waals surface area contributed by atoms with Crippen LogP contribution >= 0.6 is 0 Å². The highest BCUT2D eigenvalue weighted by Crippen LogP contribution is 2.22. The normalized spacial score (nSPS) is 18.1. The number of piperidine rings is 2. The van der Waals surface area contributed by atoms with Gasteiger partial charge in [-0.1, -0.05) is 12.2 Å². The first kappa shape index (κ1) is 37.2.